The molecule has 1 atom stereocenters. The Morgan fingerprint density at radius 1 is 1.54 bits per heavy atom. The Kier molecular flexibility index (Phi) is 1.53. The number of aliphatic imine (C=N–C) groups is 1. The second-order valence-corrected chi connectivity index (χ2v) is 3.13. The Morgan fingerprint density at radius 2 is 2.31 bits per heavy atom. The van der Waals surface area contributed by atoms with Crippen molar-refractivity contribution in [2.24, 2.45) is 4.99 Å². The molecular formula is C7H11N5O. The van der Waals surface area contributed by atoms with Gasteiger partial charge in [-0.05, 0) is 14.1 Å². The molecule has 0 aromatic heterocycles. The molecule has 0 radical (unpaired) electrons. The molecule has 0 spiro atoms. The molecule has 1 unspecified atom stereocenters. The quantitative estimate of drug-likeness (QED) is 0.485. The molecule has 1 saturated heterocycles. The zero-order valence-electron chi connectivity index (χ0n) is 7.46. The fraction of sp³-hybridized carbons (Fsp3) is 0.429. The first-order valence-corrected chi connectivity index (χ1v) is 3.92. The van der Waals surface area contributed by atoms with Gasteiger partial charge in [0.25, 0.3) is 0 Å². The normalized spacial score (nSPS) is 30.4. The molecule has 13 heavy (non-hydrogen) atoms. The SMILES string of the molecule is CN(C)C12N=CNC=C1NC(=O)N2. The molecule has 6 heteroatoms. The fourth-order valence-electron chi connectivity index (χ4n) is 1.42. The number of amides is 2. The smallest absolute Gasteiger partial charge is 0.322 e. The summed E-state index contributed by atoms with van der Waals surface area (Å²) in [5, 5.41) is 8.23. The van der Waals surface area contributed by atoms with Crippen LogP contribution in [0.3, 0.4) is 0 Å². The van der Waals surface area contributed by atoms with Crippen molar-refractivity contribution in [3.63, 3.8) is 0 Å². The lowest BCUT2D eigenvalue weighted by Crippen LogP contribution is -2.54. The highest BCUT2D eigenvalue weighted by molar-refractivity contribution is 5.83. The summed E-state index contributed by atoms with van der Waals surface area (Å²) < 4.78 is 0. The first-order chi connectivity index (χ1) is 6.15. The van der Waals surface area contributed by atoms with Gasteiger partial charge in [0.15, 0.2) is 0 Å². The van der Waals surface area contributed by atoms with Gasteiger partial charge in [0, 0.05) is 6.20 Å². The van der Waals surface area contributed by atoms with Crippen molar-refractivity contribution >= 4 is 12.4 Å². The van der Waals surface area contributed by atoms with Crippen LogP contribution in [-0.4, -0.2) is 37.2 Å². The number of likely N-dealkylation sites (N-methyl/N-ethyl adjacent to an activating group) is 1. The van der Waals surface area contributed by atoms with Gasteiger partial charge in [0.1, 0.15) is 0 Å². The van der Waals surface area contributed by atoms with E-state index in [-0.39, 0.29) is 6.03 Å². The van der Waals surface area contributed by atoms with Gasteiger partial charge in [-0.15, -0.1) is 0 Å². The number of hydrogen-bond acceptors (Lipinski definition) is 4. The third-order valence-electron chi connectivity index (χ3n) is 2.11. The van der Waals surface area contributed by atoms with E-state index in [2.05, 4.69) is 20.9 Å². The van der Waals surface area contributed by atoms with E-state index in [9.17, 15) is 4.79 Å². The van der Waals surface area contributed by atoms with Crippen LogP contribution in [0, 0.1) is 0 Å². The Bertz CT molecular complexity index is 308. The predicted molar refractivity (Wildman–Crippen MR) is 47.8 cm³/mol. The van der Waals surface area contributed by atoms with Crippen molar-refractivity contribution in [3.8, 4) is 0 Å². The lowest BCUT2D eigenvalue weighted by molar-refractivity contribution is 0.178. The van der Waals surface area contributed by atoms with E-state index in [1.54, 1.807) is 12.5 Å². The van der Waals surface area contributed by atoms with E-state index in [1.807, 2.05) is 19.0 Å². The van der Waals surface area contributed by atoms with Crippen molar-refractivity contribution < 1.29 is 4.79 Å². The molecule has 2 aliphatic rings. The minimum atomic E-state index is -0.748. The van der Waals surface area contributed by atoms with E-state index >= 15 is 0 Å². The Labute approximate surface area is 75.7 Å². The summed E-state index contributed by atoms with van der Waals surface area (Å²) in [5.41, 5.74) is 0.713. The first-order valence-electron chi connectivity index (χ1n) is 3.92. The number of nitrogens with one attached hydrogen (secondary N) is 3. The van der Waals surface area contributed by atoms with Crippen molar-refractivity contribution in [1.82, 2.24) is 20.9 Å². The molecule has 0 bridgehead atoms. The van der Waals surface area contributed by atoms with Crippen molar-refractivity contribution in [2.75, 3.05) is 14.1 Å². The molecule has 2 rings (SSSR count). The van der Waals surface area contributed by atoms with Gasteiger partial charge in [-0.25, -0.2) is 9.79 Å². The fourth-order valence-corrected chi connectivity index (χ4v) is 1.42. The maximum atomic E-state index is 11.1. The maximum absolute atomic E-state index is 11.1. The van der Waals surface area contributed by atoms with Crippen molar-refractivity contribution in [2.45, 2.75) is 5.79 Å². The van der Waals surface area contributed by atoms with E-state index in [0.29, 0.717) is 5.70 Å². The van der Waals surface area contributed by atoms with Crippen LogP contribution in [-0.2, 0) is 0 Å². The molecule has 1 fully saturated rings. The molecule has 0 aromatic carbocycles. The monoisotopic (exact) mass is 181 g/mol. The second-order valence-electron chi connectivity index (χ2n) is 3.13. The van der Waals surface area contributed by atoms with Gasteiger partial charge in [-0.3, -0.25) is 10.2 Å². The van der Waals surface area contributed by atoms with E-state index in [4.69, 9.17) is 0 Å². The zero-order valence-corrected chi connectivity index (χ0v) is 7.46. The van der Waals surface area contributed by atoms with Gasteiger partial charge in [-0.2, -0.15) is 0 Å². The maximum Gasteiger partial charge on any atom is 0.322 e. The molecule has 2 aliphatic heterocycles. The predicted octanol–water partition coefficient (Wildman–Crippen LogP) is -1.01. The van der Waals surface area contributed by atoms with Crippen LogP contribution < -0.4 is 16.0 Å². The van der Waals surface area contributed by atoms with Crippen LogP contribution in [0.1, 0.15) is 0 Å². The number of carbonyl (C=O) groups is 1. The van der Waals surface area contributed by atoms with Gasteiger partial charge >= 0.3 is 6.03 Å². The van der Waals surface area contributed by atoms with Crippen molar-refractivity contribution in [1.29, 1.82) is 0 Å². The molecule has 2 amide bonds. The summed E-state index contributed by atoms with van der Waals surface area (Å²) >= 11 is 0. The minimum Gasteiger partial charge on any atom is -0.351 e. The van der Waals surface area contributed by atoms with Crippen molar-refractivity contribution in [3.05, 3.63) is 11.9 Å². The lowest BCUT2D eigenvalue weighted by atomic mass is 10.2. The summed E-state index contributed by atoms with van der Waals surface area (Å²) in [4.78, 5) is 17.2. The van der Waals surface area contributed by atoms with Crippen LogP contribution in [0.4, 0.5) is 4.79 Å². The Morgan fingerprint density at radius 3 is 2.92 bits per heavy atom. The van der Waals surface area contributed by atoms with Gasteiger partial charge in [0.05, 0.1) is 12.0 Å². The summed E-state index contributed by atoms with van der Waals surface area (Å²) in [5.74, 6) is -0.748. The van der Waals surface area contributed by atoms with Gasteiger partial charge < -0.3 is 10.6 Å². The molecule has 0 saturated carbocycles. The highest BCUT2D eigenvalue weighted by Crippen LogP contribution is 2.24. The summed E-state index contributed by atoms with van der Waals surface area (Å²) in [6.07, 6.45) is 3.27. The van der Waals surface area contributed by atoms with E-state index in [0.717, 1.165) is 0 Å². The standard InChI is InChI=1S/C7H11N5O/c1-12(2)7-5(3-8-4-9-7)10-6(13)11-7/h3-4H,1-2H3,(H,8,9)(H2,10,11,13). The summed E-state index contributed by atoms with van der Waals surface area (Å²) in [6, 6.07) is -0.235. The first kappa shape index (κ1) is 8.06. The third kappa shape index (κ3) is 0.988. The second kappa shape index (κ2) is 2.46. The van der Waals surface area contributed by atoms with Crippen LogP contribution in [0.15, 0.2) is 16.9 Å². The summed E-state index contributed by atoms with van der Waals surface area (Å²) in [6.45, 7) is 0. The molecular weight excluding hydrogens is 170 g/mol. The van der Waals surface area contributed by atoms with Crippen LogP contribution in [0.2, 0.25) is 0 Å². The van der Waals surface area contributed by atoms with Crippen LogP contribution in [0.5, 0.6) is 0 Å². The number of hydrogen-bond donors (Lipinski definition) is 3. The minimum absolute atomic E-state index is 0.235. The number of nitrogens with zero attached hydrogens (tertiary/aromatic N) is 2. The lowest BCUT2D eigenvalue weighted by Gasteiger charge is -2.33. The van der Waals surface area contributed by atoms with Crippen LogP contribution in [0.25, 0.3) is 0 Å². The third-order valence-corrected chi connectivity index (χ3v) is 2.11. The topological polar surface area (TPSA) is 68.8 Å². The highest BCUT2D eigenvalue weighted by atomic mass is 16.2. The Hall–Kier alpha value is -1.56. The molecule has 70 valence electrons. The van der Waals surface area contributed by atoms with E-state index < -0.39 is 5.79 Å². The molecule has 3 N–H and O–H groups in total. The average molecular weight is 181 g/mol. The van der Waals surface area contributed by atoms with Crippen LogP contribution >= 0.6 is 0 Å². The zero-order chi connectivity index (χ0) is 9.47. The number of carbonyl (C=O) groups excluding carboxylic acids is 1. The van der Waals surface area contributed by atoms with Gasteiger partial charge in [-0.1, -0.05) is 0 Å². The summed E-state index contributed by atoms with van der Waals surface area (Å²) in [7, 11) is 3.70. The molecule has 2 heterocycles. The number of rotatable bonds is 1. The average Bonchev–Trinajstić information content (AvgIpc) is 2.41. The highest BCUT2D eigenvalue weighted by Gasteiger charge is 2.45. The largest absolute Gasteiger partial charge is 0.351 e. The Balaban J connectivity index is 2.42. The molecule has 0 aliphatic carbocycles. The molecule has 6 nitrogen and oxygen atoms in total. The molecule has 0 aromatic rings. The number of urea groups is 1. The van der Waals surface area contributed by atoms with Gasteiger partial charge in [0.2, 0.25) is 5.79 Å². The number of fused-ring (bicyclic) bond motifs is 1. The van der Waals surface area contributed by atoms with E-state index in [1.165, 1.54) is 0 Å².